The number of anilines is 1. The summed E-state index contributed by atoms with van der Waals surface area (Å²) in [5, 5.41) is 3.06. The molecule has 0 aliphatic rings. The van der Waals surface area contributed by atoms with E-state index in [0.29, 0.717) is 31.1 Å². The number of nitrogens with one attached hydrogen (secondary N) is 1. The Hall–Kier alpha value is -2.69. The van der Waals surface area contributed by atoms with E-state index in [1.165, 1.54) is 6.33 Å². The maximum Gasteiger partial charge on any atom is 0.272 e. The fraction of sp³-hybridized carbons (Fsp3) is 0.235. The van der Waals surface area contributed by atoms with Gasteiger partial charge in [0.2, 0.25) is 0 Å². The SMILES string of the molecule is C=CCNc1cc(C(=O)N(CC)Cc2ccccc2)ncn1. The predicted octanol–water partition coefficient (Wildman–Crippen LogP) is 2.74. The zero-order chi connectivity index (χ0) is 15.8. The number of carbonyl (C=O) groups is 1. The van der Waals surface area contributed by atoms with E-state index in [-0.39, 0.29) is 5.91 Å². The maximum absolute atomic E-state index is 12.6. The molecule has 2 aromatic rings. The van der Waals surface area contributed by atoms with Crippen LogP contribution in [0, 0.1) is 0 Å². The van der Waals surface area contributed by atoms with Crippen LogP contribution in [0.2, 0.25) is 0 Å². The average Bonchev–Trinajstić information content (AvgIpc) is 2.58. The lowest BCUT2D eigenvalue weighted by molar-refractivity contribution is 0.0746. The van der Waals surface area contributed by atoms with Crippen LogP contribution in [-0.2, 0) is 6.54 Å². The molecular formula is C17H20N4O. The lowest BCUT2D eigenvalue weighted by Crippen LogP contribution is -2.31. The Labute approximate surface area is 130 Å². The molecule has 5 heteroatoms. The first kappa shape index (κ1) is 15.7. The second-order valence-electron chi connectivity index (χ2n) is 4.76. The van der Waals surface area contributed by atoms with Crippen LogP contribution in [-0.4, -0.2) is 33.9 Å². The molecule has 0 saturated carbocycles. The van der Waals surface area contributed by atoms with Crippen LogP contribution in [0.3, 0.4) is 0 Å². The van der Waals surface area contributed by atoms with E-state index in [9.17, 15) is 4.79 Å². The van der Waals surface area contributed by atoms with Crippen LogP contribution in [0.15, 0.2) is 55.4 Å². The minimum atomic E-state index is -0.101. The maximum atomic E-state index is 12.6. The van der Waals surface area contributed by atoms with Gasteiger partial charge in [0.05, 0.1) is 0 Å². The van der Waals surface area contributed by atoms with Gasteiger partial charge in [0.15, 0.2) is 0 Å². The van der Waals surface area contributed by atoms with E-state index in [0.717, 1.165) is 5.56 Å². The van der Waals surface area contributed by atoms with Gasteiger partial charge >= 0.3 is 0 Å². The van der Waals surface area contributed by atoms with Gasteiger partial charge in [-0.2, -0.15) is 0 Å². The number of amides is 1. The third-order valence-corrected chi connectivity index (χ3v) is 3.20. The highest BCUT2D eigenvalue weighted by Gasteiger charge is 2.16. The monoisotopic (exact) mass is 296 g/mol. The molecule has 0 spiro atoms. The largest absolute Gasteiger partial charge is 0.366 e. The molecular weight excluding hydrogens is 276 g/mol. The molecule has 2 rings (SSSR count). The van der Waals surface area contributed by atoms with E-state index < -0.39 is 0 Å². The molecule has 1 N–H and O–H groups in total. The Balaban J connectivity index is 2.12. The van der Waals surface area contributed by atoms with Crippen molar-refractivity contribution >= 4 is 11.7 Å². The molecule has 1 aromatic carbocycles. The lowest BCUT2D eigenvalue weighted by atomic mass is 10.2. The number of rotatable bonds is 7. The number of benzene rings is 1. The number of hydrogen-bond acceptors (Lipinski definition) is 4. The fourth-order valence-electron chi connectivity index (χ4n) is 2.04. The molecule has 0 atom stereocenters. The molecule has 1 heterocycles. The van der Waals surface area contributed by atoms with Crippen molar-refractivity contribution in [3.8, 4) is 0 Å². The second kappa shape index (κ2) is 7.93. The number of hydrogen-bond donors (Lipinski definition) is 1. The summed E-state index contributed by atoms with van der Waals surface area (Å²) in [5.41, 5.74) is 1.48. The molecule has 5 nitrogen and oxygen atoms in total. The summed E-state index contributed by atoms with van der Waals surface area (Å²) in [6, 6.07) is 11.6. The van der Waals surface area contributed by atoms with E-state index in [2.05, 4.69) is 21.9 Å². The van der Waals surface area contributed by atoms with Crippen LogP contribution in [0.5, 0.6) is 0 Å². The topological polar surface area (TPSA) is 58.1 Å². The van der Waals surface area contributed by atoms with Crippen molar-refractivity contribution in [1.82, 2.24) is 14.9 Å². The van der Waals surface area contributed by atoms with Crippen LogP contribution >= 0.6 is 0 Å². The summed E-state index contributed by atoms with van der Waals surface area (Å²) in [6.07, 6.45) is 3.13. The van der Waals surface area contributed by atoms with Crippen molar-refractivity contribution in [2.45, 2.75) is 13.5 Å². The van der Waals surface area contributed by atoms with E-state index in [4.69, 9.17) is 0 Å². The molecule has 0 unspecified atom stereocenters. The standard InChI is InChI=1S/C17H20N4O/c1-3-10-18-16-11-15(19-13-20-16)17(22)21(4-2)12-14-8-6-5-7-9-14/h3,5-9,11,13H,1,4,10,12H2,2H3,(H,18,19,20). The molecule has 1 amide bonds. The summed E-state index contributed by atoms with van der Waals surface area (Å²) >= 11 is 0. The van der Waals surface area contributed by atoms with E-state index in [1.54, 1.807) is 17.0 Å². The van der Waals surface area contributed by atoms with Crippen LogP contribution in [0.1, 0.15) is 23.0 Å². The first-order chi connectivity index (χ1) is 10.7. The zero-order valence-corrected chi connectivity index (χ0v) is 12.7. The fourth-order valence-corrected chi connectivity index (χ4v) is 2.04. The van der Waals surface area contributed by atoms with Crippen molar-refractivity contribution in [1.29, 1.82) is 0 Å². The Kier molecular flexibility index (Phi) is 5.65. The first-order valence-corrected chi connectivity index (χ1v) is 7.24. The van der Waals surface area contributed by atoms with Crippen LogP contribution in [0.25, 0.3) is 0 Å². The van der Waals surface area contributed by atoms with Gasteiger partial charge in [0, 0.05) is 25.7 Å². The molecule has 0 saturated heterocycles. The summed E-state index contributed by atoms with van der Waals surface area (Å²) < 4.78 is 0. The summed E-state index contributed by atoms with van der Waals surface area (Å²) in [5.74, 6) is 0.518. The third kappa shape index (κ3) is 4.15. The van der Waals surface area contributed by atoms with E-state index in [1.807, 2.05) is 37.3 Å². The number of nitrogens with zero attached hydrogens (tertiary/aromatic N) is 3. The molecule has 22 heavy (non-hydrogen) atoms. The van der Waals surface area contributed by atoms with Gasteiger partial charge in [-0.25, -0.2) is 9.97 Å². The Morgan fingerprint density at radius 3 is 2.77 bits per heavy atom. The van der Waals surface area contributed by atoms with Crippen molar-refractivity contribution in [3.05, 3.63) is 66.6 Å². The highest BCUT2D eigenvalue weighted by atomic mass is 16.2. The molecule has 0 aliphatic heterocycles. The predicted molar refractivity (Wildman–Crippen MR) is 87.6 cm³/mol. The van der Waals surface area contributed by atoms with Gasteiger partial charge in [0.1, 0.15) is 17.8 Å². The van der Waals surface area contributed by atoms with Gasteiger partial charge in [-0.15, -0.1) is 6.58 Å². The molecule has 1 aromatic heterocycles. The number of carbonyl (C=O) groups excluding carboxylic acids is 1. The summed E-state index contributed by atoms with van der Waals surface area (Å²) in [7, 11) is 0. The van der Waals surface area contributed by atoms with Gasteiger partial charge in [-0.3, -0.25) is 4.79 Å². The zero-order valence-electron chi connectivity index (χ0n) is 12.7. The normalized spacial score (nSPS) is 10.0. The second-order valence-corrected chi connectivity index (χ2v) is 4.76. The van der Waals surface area contributed by atoms with Gasteiger partial charge in [0.25, 0.3) is 5.91 Å². The summed E-state index contributed by atoms with van der Waals surface area (Å²) in [6.45, 7) is 7.37. The highest BCUT2D eigenvalue weighted by molar-refractivity contribution is 5.92. The Bertz CT molecular complexity index is 628. The molecule has 0 aliphatic carbocycles. The molecule has 0 fully saturated rings. The van der Waals surface area contributed by atoms with Crippen molar-refractivity contribution in [2.75, 3.05) is 18.4 Å². The lowest BCUT2D eigenvalue weighted by Gasteiger charge is -2.20. The van der Waals surface area contributed by atoms with Crippen molar-refractivity contribution < 1.29 is 4.79 Å². The smallest absolute Gasteiger partial charge is 0.272 e. The van der Waals surface area contributed by atoms with Crippen molar-refractivity contribution in [2.24, 2.45) is 0 Å². The molecule has 0 bridgehead atoms. The third-order valence-electron chi connectivity index (χ3n) is 3.20. The quantitative estimate of drug-likeness (QED) is 0.798. The Morgan fingerprint density at radius 2 is 2.09 bits per heavy atom. The minimum Gasteiger partial charge on any atom is -0.366 e. The highest BCUT2D eigenvalue weighted by Crippen LogP contribution is 2.10. The van der Waals surface area contributed by atoms with Crippen molar-refractivity contribution in [3.63, 3.8) is 0 Å². The Morgan fingerprint density at radius 1 is 1.32 bits per heavy atom. The van der Waals surface area contributed by atoms with E-state index >= 15 is 0 Å². The average molecular weight is 296 g/mol. The van der Waals surface area contributed by atoms with Gasteiger partial charge in [-0.05, 0) is 12.5 Å². The minimum absolute atomic E-state index is 0.101. The van der Waals surface area contributed by atoms with Gasteiger partial charge < -0.3 is 10.2 Å². The molecule has 114 valence electrons. The first-order valence-electron chi connectivity index (χ1n) is 7.24. The molecule has 0 radical (unpaired) electrons. The van der Waals surface area contributed by atoms with Crippen LogP contribution < -0.4 is 5.32 Å². The summed E-state index contributed by atoms with van der Waals surface area (Å²) in [4.78, 5) is 22.5. The van der Waals surface area contributed by atoms with Crippen LogP contribution in [0.4, 0.5) is 5.82 Å². The number of aromatic nitrogens is 2. The van der Waals surface area contributed by atoms with Gasteiger partial charge in [-0.1, -0.05) is 36.4 Å².